The number of esters is 1. The van der Waals surface area contributed by atoms with E-state index in [1.54, 1.807) is 24.3 Å². The molecule has 0 unspecified atom stereocenters. The highest BCUT2D eigenvalue weighted by atomic mass is 16.6. The Bertz CT molecular complexity index is 1100. The molecule has 5 rings (SSSR count). The summed E-state index contributed by atoms with van der Waals surface area (Å²) in [5.74, 6) is 0.777. The van der Waals surface area contributed by atoms with E-state index in [2.05, 4.69) is 0 Å². The third-order valence-corrected chi connectivity index (χ3v) is 5.47. The lowest BCUT2D eigenvalue weighted by atomic mass is 9.77. The smallest absolute Gasteiger partial charge is 0.340 e. The van der Waals surface area contributed by atoms with Crippen molar-refractivity contribution in [1.82, 2.24) is 0 Å². The van der Waals surface area contributed by atoms with E-state index in [4.69, 9.17) is 20.9 Å². The Hall–Kier alpha value is -3.47. The van der Waals surface area contributed by atoms with Gasteiger partial charge in [0.25, 0.3) is 0 Å². The predicted octanol–water partition coefficient (Wildman–Crippen LogP) is 4.04. The second kappa shape index (κ2) is 5.04. The highest BCUT2D eigenvalue weighted by molar-refractivity contribution is 5.97. The summed E-state index contributed by atoms with van der Waals surface area (Å²) in [5.41, 5.74) is 17.0. The van der Waals surface area contributed by atoms with Crippen LogP contribution in [0.15, 0.2) is 48.5 Å². The molecular formula is C22H18N2O3. The zero-order valence-electron chi connectivity index (χ0n) is 15.0. The molecule has 0 saturated heterocycles. The first-order valence-electron chi connectivity index (χ1n) is 8.73. The minimum Gasteiger partial charge on any atom is -0.456 e. The van der Waals surface area contributed by atoms with Crippen LogP contribution in [0.1, 0.15) is 38.2 Å². The van der Waals surface area contributed by atoms with Crippen molar-refractivity contribution in [3.8, 4) is 11.5 Å². The van der Waals surface area contributed by atoms with Crippen LogP contribution in [0.4, 0.5) is 11.4 Å². The molecule has 5 nitrogen and oxygen atoms in total. The number of carbonyl (C=O) groups excluding carboxylic acids is 1. The van der Waals surface area contributed by atoms with Gasteiger partial charge < -0.3 is 20.9 Å². The quantitative estimate of drug-likeness (QED) is 0.468. The summed E-state index contributed by atoms with van der Waals surface area (Å²) in [6.07, 6.45) is 0. The standard InChI is InChI=1S/C22H18N2O3/c1-11-7-15-18(8-12(11)2)22(27-21(15)25)16-5-3-13(23)9-19(16)26-20-10-14(24)4-6-17(20)22/h3-10H,23-24H2,1-2H3. The molecule has 0 fully saturated rings. The zero-order valence-corrected chi connectivity index (χ0v) is 15.0. The lowest BCUT2D eigenvalue weighted by Gasteiger charge is -2.36. The summed E-state index contributed by atoms with van der Waals surface area (Å²) in [7, 11) is 0. The highest BCUT2D eigenvalue weighted by Crippen LogP contribution is 2.56. The van der Waals surface area contributed by atoms with Gasteiger partial charge >= 0.3 is 5.97 Å². The van der Waals surface area contributed by atoms with E-state index >= 15 is 0 Å². The maximum Gasteiger partial charge on any atom is 0.340 e. The molecule has 2 aliphatic heterocycles. The zero-order chi connectivity index (χ0) is 18.9. The highest BCUT2D eigenvalue weighted by Gasteiger charge is 2.53. The topological polar surface area (TPSA) is 87.6 Å². The largest absolute Gasteiger partial charge is 0.456 e. The number of ether oxygens (including phenoxy) is 2. The van der Waals surface area contributed by atoms with Gasteiger partial charge in [-0.05, 0) is 55.3 Å². The van der Waals surface area contributed by atoms with Crippen molar-refractivity contribution in [1.29, 1.82) is 0 Å². The summed E-state index contributed by atoms with van der Waals surface area (Å²) >= 11 is 0. The van der Waals surface area contributed by atoms with Crippen molar-refractivity contribution in [2.45, 2.75) is 19.4 Å². The van der Waals surface area contributed by atoms with E-state index in [0.29, 0.717) is 28.4 Å². The fourth-order valence-corrected chi connectivity index (χ4v) is 4.02. The van der Waals surface area contributed by atoms with Crippen molar-refractivity contribution >= 4 is 17.3 Å². The first kappa shape index (κ1) is 15.8. The average molecular weight is 358 g/mol. The number of benzene rings is 3. The number of nitrogen functional groups attached to an aromatic ring is 2. The van der Waals surface area contributed by atoms with Gasteiger partial charge in [-0.2, -0.15) is 0 Å². The molecule has 3 aromatic carbocycles. The molecule has 0 aliphatic carbocycles. The van der Waals surface area contributed by atoms with Crippen LogP contribution in [0.2, 0.25) is 0 Å². The number of rotatable bonds is 0. The number of carbonyl (C=O) groups is 1. The monoisotopic (exact) mass is 358 g/mol. The molecule has 4 N–H and O–H groups in total. The lowest BCUT2D eigenvalue weighted by molar-refractivity contribution is 0.0224. The molecule has 134 valence electrons. The Labute approximate surface area is 156 Å². The molecular weight excluding hydrogens is 340 g/mol. The van der Waals surface area contributed by atoms with Gasteiger partial charge in [-0.3, -0.25) is 0 Å². The number of hydrogen-bond donors (Lipinski definition) is 2. The minimum absolute atomic E-state index is 0.347. The van der Waals surface area contributed by atoms with Crippen LogP contribution in [0.5, 0.6) is 11.5 Å². The van der Waals surface area contributed by atoms with E-state index in [0.717, 1.165) is 27.8 Å². The molecule has 0 radical (unpaired) electrons. The molecule has 0 aromatic heterocycles. The molecule has 1 spiro atoms. The van der Waals surface area contributed by atoms with E-state index < -0.39 is 5.60 Å². The van der Waals surface area contributed by atoms with Crippen LogP contribution in [0.25, 0.3) is 0 Å². The van der Waals surface area contributed by atoms with Gasteiger partial charge in [0, 0.05) is 40.2 Å². The average Bonchev–Trinajstić information content (AvgIpc) is 2.88. The molecule has 0 amide bonds. The van der Waals surface area contributed by atoms with Gasteiger partial charge in [0.1, 0.15) is 11.5 Å². The molecule has 27 heavy (non-hydrogen) atoms. The molecule has 2 heterocycles. The number of hydrogen-bond acceptors (Lipinski definition) is 5. The van der Waals surface area contributed by atoms with Crippen molar-refractivity contribution in [2.75, 3.05) is 11.5 Å². The maximum absolute atomic E-state index is 12.8. The predicted molar refractivity (Wildman–Crippen MR) is 103 cm³/mol. The van der Waals surface area contributed by atoms with Crippen LogP contribution in [-0.4, -0.2) is 5.97 Å². The lowest BCUT2D eigenvalue weighted by Crippen LogP contribution is -2.33. The second-order valence-electron chi connectivity index (χ2n) is 7.17. The molecule has 5 heteroatoms. The van der Waals surface area contributed by atoms with E-state index in [1.165, 1.54) is 0 Å². The Morgan fingerprint density at radius 1 is 0.778 bits per heavy atom. The van der Waals surface area contributed by atoms with Crippen LogP contribution >= 0.6 is 0 Å². The van der Waals surface area contributed by atoms with Crippen LogP contribution in [0.3, 0.4) is 0 Å². The normalized spacial score (nSPS) is 15.6. The fraction of sp³-hybridized carbons (Fsp3) is 0.136. The number of anilines is 2. The Balaban J connectivity index is 1.92. The molecule has 0 atom stereocenters. The Morgan fingerprint density at radius 3 is 1.93 bits per heavy atom. The molecule has 3 aromatic rings. The Kier molecular flexibility index (Phi) is 2.94. The number of nitrogens with two attached hydrogens (primary N) is 2. The van der Waals surface area contributed by atoms with Crippen molar-refractivity contribution in [3.05, 3.63) is 81.9 Å². The van der Waals surface area contributed by atoms with Crippen molar-refractivity contribution in [3.63, 3.8) is 0 Å². The van der Waals surface area contributed by atoms with E-state index in [9.17, 15) is 4.79 Å². The summed E-state index contributed by atoms with van der Waals surface area (Å²) < 4.78 is 12.2. The molecule has 2 aliphatic rings. The Morgan fingerprint density at radius 2 is 1.33 bits per heavy atom. The third kappa shape index (κ3) is 1.96. The number of aryl methyl sites for hydroxylation is 2. The number of fused-ring (bicyclic) bond motifs is 6. The summed E-state index contributed by atoms with van der Waals surface area (Å²) in [5, 5.41) is 0. The van der Waals surface area contributed by atoms with Gasteiger partial charge in [0.15, 0.2) is 5.60 Å². The fourth-order valence-electron chi connectivity index (χ4n) is 4.02. The summed E-state index contributed by atoms with van der Waals surface area (Å²) in [6.45, 7) is 4.01. The van der Waals surface area contributed by atoms with Gasteiger partial charge in [0.2, 0.25) is 0 Å². The van der Waals surface area contributed by atoms with Gasteiger partial charge in [-0.15, -0.1) is 0 Å². The van der Waals surface area contributed by atoms with Crippen LogP contribution < -0.4 is 16.2 Å². The molecule has 0 bridgehead atoms. The van der Waals surface area contributed by atoms with Gasteiger partial charge in [0.05, 0.1) is 5.56 Å². The van der Waals surface area contributed by atoms with E-state index in [-0.39, 0.29) is 5.97 Å². The molecule has 0 saturated carbocycles. The SMILES string of the molecule is Cc1cc2c(cc1C)C1(OC2=O)c2ccc(N)cc2Oc2cc(N)ccc21. The van der Waals surface area contributed by atoms with E-state index in [1.807, 2.05) is 38.1 Å². The van der Waals surface area contributed by atoms with Gasteiger partial charge in [-0.1, -0.05) is 6.07 Å². The third-order valence-electron chi connectivity index (χ3n) is 5.47. The van der Waals surface area contributed by atoms with Crippen LogP contribution in [-0.2, 0) is 10.3 Å². The minimum atomic E-state index is -1.07. The van der Waals surface area contributed by atoms with Gasteiger partial charge in [-0.25, -0.2) is 4.79 Å². The maximum atomic E-state index is 12.8. The summed E-state index contributed by atoms with van der Waals surface area (Å²) in [6, 6.07) is 14.7. The second-order valence-corrected chi connectivity index (χ2v) is 7.17. The first-order chi connectivity index (χ1) is 12.9. The summed E-state index contributed by atoms with van der Waals surface area (Å²) in [4.78, 5) is 12.8. The first-order valence-corrected chi connectivity index (χ1v) is 8.73. The van der Waals surface area contributed by atoms with Crippen LogP contribution in [0, 0.1) is 13.8 Å². The van der Waals surface area contributed by atoms with Crippen molar-refractivity contribution in [2.24, 2.45) is 0 Å². The van der Waals surface area contributed by atoms with Crippen molar-refractivity contribution < 1.29 is 14.3 Å².